The van der Waals surface area contributed by atoms with Gasteiger partial charge in [-0.3, -0.25) is 5.43 Å². The molecule has 0 aliphatic heterocycles. The number of nitrogens with one attached hydrogen (secondary N) is 2. The number of benzene rings is 1. The van der Waals surface area contributed by atoms with E-state index in [2.05, 4.69) is 5.32 Å². The molecule has 0 radical (unpaired) electrons. The molecule has 0 saturated heterocycles. The number of carbonyl (C=O) groups excluding carboxylic acids is 1. The normalized spacial score (nSPS) is 9.80. The molecule has 4 nitrogen and oxygen atoms in total. The Hall–Kier alpha value is -1.62. The van der Waals surface area contributed by atoms with Crippen LogP contribution >= 0.6 is 0 Å². The average Bonchev–Trinajstić information content (AvgIpc) is 2.21. The first kappa shape index (κ1) is 11.5. The largest absolute Gasteiger partial charge is 0.337 e. The van der Waals surface area contributed by atoms with Gasteiger partial charge in [0.1, 0.15) is 5.82 Å². The van der Waals surface area contributed by atoms with Crippen molar-refractivity contribution in [2.45, 2.75) is 13.3 Å². The second-order valence-electron chi connectivity index (χ2n) is 3.22. The number of nitrogens with two attached hydrogens (primary N) is 1. The first-order valence-electron chi connectivity index (χ1n) is 4.63. The molecule has 0 bridgehead atoms. The Morgan fingerprint density at radius 3 is 2.87 bits per heavy atom. The molecule has 4 N–H and O–H groups in total. The molecule has 82 valence electrons. The zero-order valence-corrected chi connectivity index (χ0v) is 8.51. The third-order valence-corrected chi connectivity index (χ3v) is 2.12. The lowest BCUT2D eigenvalue weighted by Crippen LogP contribution is -2.40. The molecular formula is C10H14FN3O. The Bertz CT molecular complexity index is 355. The van der Waals surface area contributed by atoms with E-state index in [0.29, 0.717) is 13.0 Å². The minimum atomic E-state index is -0.422. The van der Waals surface area contributed by atoms with Crippen molar-refractivity contribution < 1.29 is 9.18 Å². The van der Waals surface area contributed by atoms with Gasteiger partial charge >= 0.3 is 6.03 Å². The molecule has 5 heteroatoms. The summed E-state index contributed by atoms with van der Waals surface area (Å²) in [6.07, 6.45) is 0.652. The lowest BCUT2D eigenvalue weighted by molar-refractivity contribution is 0.241. The van der Waals surface area contributed by atoms with Crippen LogP contribution in [0, 0.1) is 12.7 Å². The summed E-state index contributed by atoms with van der Waals surface area (Å²) < 4.78 is 12.8. The Balaban J connectivity index is 2.47. The standard InChI is InChI=1S/C10H14FN3O/c1-7-6-9(11)3-2-8(7)4-5-13-10(15)14-12/h2-3,6H,4-5,12H2,1H3,(H2,13,14,15). The van der Waals surface area contributed by atoms with E-state index in [1.54, 1.807) is 6.07 Å². The van der Waals surface area contributed by atoms with Crippen molar-refractivity contribution in [3.63, 3.8) is 0 Å². The number of rotatable bonds is 3. The molecule has 0 aromatic heterocycles. The van der Waals surface area contributed by atoms with Gasteiger partial charge in [-0.05, 0) is 36.6 Å². The Labute approximate surface area is 87.6 Å². The van der Waals surface area contributed by atoms with Crippen molar-refractivity contribution >= 4 is 6.03 Å². The van der Waals surface area contributed by atoms with Gasteiger partial charge in [-0.2, -0.15) is 0 Å². The van der Waals surface area contributed by atoms with Crippen molar-refractivity contribution in [3.8, 4) is 0 Å². The molecule has 1 rings (SSSR count). The van der Waals surface area contributed by atoms with Gasteiger partial charge in [0.15, 0.2) is 0 Å². The van der Waals surface area contributed by atoms with E-state index in [4.69, 9.17) is 5.84 Å². The maximum Gasteiger partial charge on any atom is 0.328 e. The quantitative estimate of drug-likeness (QED) is 0.394. The van der Waals surface area contributed by atoms with Gasteiger partial charge in [0.05, 0.1) is 0 Å². The molecule has 0 fully saturated rings. The van der Waals surface area contributed by atoms with Crippen LogP contribution in [0.2, 0.25) is 0 Å². The van der Waals surface area contributed by atoms with Gasteiger partial charge < -0.3 is 5.32 Å². The van der Waals surface area contributed by atoms with E-state index in [9.17, 15) is 9.18 Å². The highest BCUT2D eigenvalue weighted by molar-refractivity contribution is 5.72. The number of amides is 2. The molecule has 0 atom stereocenters. The van der Waals surface area contributed by atoms with Crippen LogP contribution in [0.5, 0.6) is 0 Å². The van der Waals surface area contributed by atoms with Crippen molar-refractivity contribution in [1.29, 1.82) is 0 Å². The number of urea groups is 1. The molecule has 15 heavy (non-hydrogen) atoms. The minimum absolute atomic E-state index is 0.246. The summed E-state index contributed by atoms with van der Waals surface area (Å²) in [7, 11) is 0. The van der Waals surface area contributed by atoms with E-state index in [-0.39, 0.29) is 5.82 Å². The summed E-state index contributed by atoms with van der Waals surface area (Å²) in [5, 5.41) is 2.55. The second kappa shape index (κ2) is 5.31. The summed E-state index contributed by atoms with van der Waals surface area (Å²) in [6, 6.07) is 4.17. The lowest BCUT2D eigenvalue weighted by Gasteiger charge is -2.06. The fraction of sp³-hybridized carbons (Fsp3) is 0.300. The maximum atomic E-state index is 12.8. The van der Waals surface area contributed by atoms with Crippen LogP contribution in [0.1, 0.15) is 11.1 Å². The van der Waals surface area contributed by atoms with Gasteiger partial charge in [-0.1, -0.05) is 6.07 Å². The summed E-state index contributed by atoms with van der Waals surface area (Å²) in [5.74, 6) is 4.64. The Morgan fingerprint density at radius 2 is 2.27 bits per heavy atom. The zero-order valence-electron chi connectivity index (χ0n) is 8.51. The number of carbonyl (C=O) groups is 1. The Morgan fingerprint density at radius 1 is 1.53 bits per heavy atom. The summed E-state index contributed by atoms with van der Waals surface area (Å²) in [6.45, 7) is 2.30. The van der Waals surface area contributed by atoms with Gasteiger partial charge in [-0.25, -0.2) is 15.0 Å². The lowest BCUT2D eigenvalue weighted by atomic mass is 10.1. The maximum absolute atomic E-state index is 12.8. The Kier molecular flexibility index (Phi) is 4.05. The molecule has 0 heterocycles. The van der Waals surface area contributed by atoms with Gasteiger partial charge in [0, 0.05) is 6.54 Å². The van der Waals surface area contributed by atoms with Crippen molar-refractivity contribution in [2.75, 3.05) is 6.54 Å². The molecule has 0 saturated carbocycles. The predicted octanol–water partition coefficient (Wildman–Crippen LogP) is 0.850. The van der Waals surface area contributed by atoms with Crippen LogP contribution in [0.3, 0.4) is 0 Å². The van der Waals surface area contributed by atoms with Crippen LogP contribution in [0.4, 0.5) is 9.18 Å². The molecular weight excluding hydrogens is 197 g/mol. The van der Waals surface area contributed by atoms with E-state index in [1.807, 2.05) is 12.3 Å². The van der Waals surface area contributed by atoms with Crippen LogP contribution in [-0.2, 0) is 6.42 Å². The summed E-state index contributed by atoms with van der Waals surface area (Å²) in [5.41, 5.74) is 3.85. The smallest absolute Gasteiger partial charge is 0.328 e. The zero-order chi connectivity index (χ0) is 11.3. The topological polar surface area (TPSA) is 67.2 Å². The molecule has 2 amide bonds. The molecule has 0 aliphatic rings. The van der Waals surface area contributed by atoms with Crippen LogP contribution in [0.15, 0.2) is 18.2 Å². The third kappa shape index (κ3) is 3.55. The van der Waals surface area contributed by atoms with Crippen molar-refractivity contribution in [2.24, 2.45) is 5.84 Å². The van der Waals surface area contributed by atoms with Crippen molar-refractivity contribution in [3.05, 3.63) is 35.1 Å². The number of halogens is 1. The monoisotopic (exact) mass is 211 g/mol. The first-order valence-corrected chi connectivity index (χ1v) is 4.63. The number of hydrazine groups is 1. The SMILES string of the molecule is Cc1cc(F)ccc1CCNC(=O)NN. The summed E-state index contributed by atoms with van der Waals surface area (Å²) >= 11 is 0. The highest BCUT2D eigenvalue weighted by Crippen LogP contribution is 2.10. The fourth-order valence-corrected chi connectivity index (χ4v) is 1.30. The second-order valence-corrected chi connectivity index (χ2v) is 3.22. The fourth-order valence-electron chi connectivity index (χ4n) is 1.30. The number of aryl methyl sites for hydroxylation is 1. The van der Waals surface area contributed by atoms with Crippen LogP contribution in [0.25, 0.3) is 0 Å². The average molecular weight is 211 g/mol. The summed E-state index contributed by atoms with van der Waals surface area (Å²) in [4.78, 5) is 10.7. The van der Waals surface area contributed by atoms with Crippen molar-refractivity contribution in [1.82, 2.24) is 10.7 Å². The van der Waals surface area contributed by atoms with Crippen LogP contribution in [-0.4, -0.2) is 12.6 Å². The van der Waals surface area contributed by atoms with E-state index in [0.717, 1.165) is 11.1 Å². The van der Waals surface area contributed by atoms with Crippen LogP contribution < -0.4 is 16.6 Å². The van der Waals surface area contributed by atoms with Gasteiger partial charge in [0.2, 0.25) is 0 Å². The number of hydrogen-bond donors (Lipinski definition) is 3. The van der Waals surface area contributed by atoms with E-state index < -0.39 is 6.03 Å². The predicted molar refractivity (Wildman–Crippen MR) is 55.6 cm³/mol. The molecule has 0 spiro atoms. The number of hydrogen-bond acceptors (Lipinski definition) is 2. The third-order valence-electron chi connectivity index (χ3n) is 2.12. The van der Waals surface area contributed by atoms with Gasteiger partial charge in [0.25, 0.3) is 0 Å². The molecule has 1 aromatic rings. The first-order chi connectivity index (χ1) is 7.13. The minimum Gasteiger partial charge on any atom is -0.337 e. The van der Waals surface area contributed by atoms with Gasteiger partial charge in [-0.15, -0.1) is 0 Å². The van der Waals surface area contributed by atoms with E-state index >= 15 is 0 Å². The molecule has 1 aromatic carbocycles. The van der Waals surface area contributed by atoms with E-state index in [1.165, 1.54) is 12.1 Å². The highest BCUT2D eigenvalue weighted by atomic mass is 19.1. The molecule has 0 unspecified atom stereocenters. The molecule has 0 aliphatic carbocycles. The highest BCUT2D eigenvalue weighted by Gasteiger charge is 2.01.